The first-order valence-corrected chi connectivity index (χ1v) is 2.46. The molecule has 0 atom stereocenters. The SMILES string of the molecule is C1=CC(C2=NC=C2)=N1. The van der Waals surface area contributed by atoms with Crippen LogP contribution >= 0.6 is 0 Å². The van der Waals surface area contributed by atoms with Crippen molar-refractivity contribution in [3.05, 3.63) is 24.6 Å². The fraction of sp³-hybridized carbons (Fsp3) is 0. The molecule has 38 valence electrons. The quantitative estimate of drug-likeness (QED) is 0.472. The molecule has 0 aliphatic carbocycles. The Morgan fingerprint density at radius 1 is 0.875 bits per heavy atom. The van der Waals surface area contributed by atoms with Crippen LogP contribution in [0.4, 0.5) is 0 Å². The minimum Gasteiger partial charge on any atom is -0.254 e. The third-order valence-electron chi connectivity index (χ3n) is 1.15. The molecule has 0 bridgehead atoms. The average Bonchev–Trinajstić information content (AvgIpc) is 1.47. The molecular formula is C6H4N2. The van der Waals surface area contributed by atoms with E-state index in [4.69, 9.17) is 0 Å². The van der Waals surface area contributed by atoms with Gasteiger partial charge < -0.3 is 0 Å². The second-order valence-electron chi connectivity index (χ2n) is 1.66. The Morgan fingerprint density at radius 3 is 1.38 bits per heavy atom. The molecule has 2 heteroatoms. The molecule has 0 saturated heterocycles. The van der Waals surface area contributed by atoms with Crippen LogP contribution in [0.2, 0.25) is 0 Å². The summed E-state index contributed by atoms with van der Waals surface area (Å²) in [5, 5.41) is 0. The van der Waals surface area contributed by atoms with Crippen molar-refractivity contribution in [2.24, 2.45) is 9.98 Å². The number of hydrogen-bond donors (Lipinski definition) is 0. The van der Waals surface area contributed by atoms with Gasteiger partial charge in [0.05, 0.1) is 11.4 Å². The lowest BCUT2D eigenvalue weighted by atomic mass is 10.1. The third kappa shape index (κ3) is 0.320. The molecule has 0 amide bonds. The van der Waals surface area contributed by atoms with Crippen LogP contribution in [0.25, 0.3) is 0 Å². The van der Waals surface area contributed by atoms with Gasteiger partial charge in [-0.1, -0.05) is 0 Å². The number of rotatable bonds is 1. The first kappa shape index (κ1) is 3.78. The molecule has 0 aromatic heterocycles. The van der Waals surface area contributed by atoms with Crippen molar-refractivity contribution in [1.29, 1.82) is 0 Å². The Hall–Kier alpha value is -1.18. The van der Waals surface area contributed by atoms with Crippen LogP contribution in [0.5, 0.6) is 0 Å². The van der Waals surface area contributed by atoms with Gasteiger partial charge in [-0.05, 0) is 12.2 Å². The van der Waals surface area contributed by atoms with E-state index in [1.807, 2.05) is 12.2 Å². The van der Waals surface area contributed by atoms with E-state index >= 15 is 0 Å². The van der Waals surface area contributed by atoms with Gasteiger partial charge >= 0.3 is 0 Å². The third-order valence-corrected chi connectivity index (χ3v) is 1.15. The normalized spacial score (nSPS) is 21.0. The Balaban J connectivity index is 2.19. The lowest BCUT2D eigenvalue weighted by Crippen LogP contribution is -2.15. The average molecular weight is 104 g/mol. The number of hydrogen-bond acceptors (Lipinski definition) is 2. The Labute approximate surface area is 47.0 Å². The molecule has 0 unspecified atom stereocenters. The maximum Gasteiger partial charge on any atom is 0.0901 e. The largest absolute Gasteiger partial charge is 0.254 e. The van der Waals surface area contributed by atoms with E-state index in [9.17, 15) is 0 Å². The first-order chi connectivity index (χ1) is 3.97. The van der Waals surface area contributed by atoms with Crippen LogP contribution in [0.1, 0.15) is 0 Å². The predicted octanol–water partition coefficient (Wildman–Crippen LogP) is 0.923. The van der Waals surface area contributed by atoms with Gasteiger partial charge in [-0.2, -0.15) is 0 Å². The van der Waals surface area contributed by atoms with Gasteiger partial charge in [0.2, 0.25) is 0 Å². The van der Waals surface area contributed by atoms with Gasteiger partial charge in [0, 0.05) is 12.4 Å². The number of aliphatic imine (C=N–C) groups is 2. The Bertz CT molecular complexity index is 205. The second-order valence-corrected chi connectivity index (χ2v) is 1.66. The van der Waals surface area contributed by atoms with Crippen LogP contribution in [-0.4, -0.2) is 11.4 Å². The highest BCUT2D eigenvalue weighted by Crippen LogP contribution is 2.05. The zero-order chi connectivity index (χ0) is 5.40. The van der Waals surface area contributed by atoms with Crippen LogP contribution in [0.3, 0.4) is 0 Å². The van der Waals surface area contributed by atoms with E-state index in [1.54, 1.807) is 12.4 Å². The topological polar surface area (TPSA) is 24.7 Å². The van der Waals surface area contributed by atoms with Crippen molar-refractivity contribution in [1.82, 2.24) is 0 Å². The predicted molar refractivity (Wildman–Crippen MR) is 33.1 cm³/mol. The summed E-state index contributed by atoms with van der Waals surface area (Å²) in [5.41, 5.74) is 2.01. The van der Waals surface area contributed by atoms with Crippen molar-refractivity contribution in [3.8, 4) is 0 Å². The maximum absolute atomic E-state index is 3.95. The van der Waals surface area contributed by atoms with Gasteiger partial charge in [0.25, 0.3) is 0 Å². The second kappa shape index (κ2) is 1.15. The van der Waals surface area contributed by atoms with Crippen molar-refractivity contribution in [2.45, 2.75) is 0 Å². The molecule has 8 heavy (non-hydrogen) atoms. The van der Waals surface area contributed by atoms with Crippen molar-refractivity contribution >= 4 is 11.4 Å². The number of allylic oxidation sites excluding steroid dienone is 2. The highest BCUT2D eigenvalue weighted by molar-refractivity contribution is 6.53. The molecule has 2 aliphatic rings. The van der Waals surface area contributed by atoms with E-state index in [1.165, 1.54) is 0 Å². The van der Waals surface area contributed by atoms with Crippen LogP contribution < -0.4 is 0 Å². The molecule has 2 nitrogen and oxygen atoms in total. The van der Waals surface area contributed by atoms with Gasteiger partial charge in [0.1, 0.15) is 0 Å². The lowest BCUT2D eigenvalue weighted by molar-refractivity contribution is 1.47. The molecule has 0 radical (unpaired) electrons. The van der Waals surface area contributed by atoms with E-state index in [0.29, 0.717) is 0 Å². The highest BCUT2D eigenvalue weighted by Gasteiger charge is 2.08. The summed E-state index contributed by atoms with van der Waals surface area (Å²) in [6.07, 6.45) is 7.43. The van der Waals surface area contributed by atoms with E-state index < -0.39 is 0 Å². The molecule has 0 aromatic carbocycles. The molecule has 0 fully saturated rings. The van der Waals surface area contributed by atoms with Crippen LogP contribution in [-0.2, 0) is 0 Å². The monoisotopic (exact) mass is 104 g/mol. The Morgan fingerprint density at radius 2 is 1.25 bits per heavy atom. The fourth-order valence-electron chi connectivity index (χ4n) is 0.601. The zero-order valence-electron chi connectivity index (χ0n) is 4.20. The highest BCUT2D eigenvalue weighted by atomic mass is 14.8. The van der Waals surface area contributed by atoms with E-state index in [0.717, 1.165) is 11.4 Å². The summed E-state index contributed by atoms with van der Waals surface area (Å²) in [5.74, 6) is 0. The lowest BCUT2D eigenvalue weighted by Gasteiger charge is -2.08. The van der Waals surface area contributed by atoms with Crippen molar-refractivity contribution in [2.75, 3.05) is 0 Å². The van der Waals surface area contributed by atoms with Gasteiger partial charge in [-0.25, -0.2) is 0 Å². The zero-order valence-corrected chi connectivity index (χ0v) is 4.20. The summed E-state index contributed by atoms with van der Waals surface area (Å²) in [7, 11) is 0. The molecule has 0 N–H and O–H groups in total. The van der Waals surface area contributed by atoms with Crippen molar-refractivity contribution in [3.63, 3.8) is 0 Å². The molecular weight excluding hydrogens is 100 g/mol. The molecule has 0 saturated carbocycles. The summed E-state index contributed by atoms with van der Waals surface area (Å²) in [4.78, 5) is 7.89. The summed E-state index contributed by atoms with van der Waals surface area (Å²) in [6.45, 7) is 0. The Kier molecular flexibility index (Phi) is 0.545. The molecule has 0 spiro atoms. The minimum absolute atomic E-state index is 1.01. The van der Waals surface area contributed by atoms with Gasteiger partial charge in [-0.15, -0.1) is 0 Å². The fourth-order valence-corrected chi connectivity index (χ4v) is 0.601. The van der Waals surface area contributed by atoms with Gasteiger partial charge in [-0.3, -0.25) is 9.98 Å². The molecule has 2 rings (SSSR count). The van der Waals surface area contributed by atoms with Crippen LogP contribution in [0, 0.1) is 0 Å². The van der Waals surface area contributed by atoms with Crippen molar-refractivity contribution < 1.29 is 0 Å². The smallest absolute Gasteiger partial charge is 0.0901 e. The minimum atomic E-state index is 1.01. The van der Waals surface area contributed by atoms with Gasteiger partial charge in [0.15, 0.2) is 0 Å². The first-order valence-electron chi connectivity index (χ1n) is 2.46. The molecule has 2 heterocycles. The summed E-state index contributed by atoms with van der Waals surface area (Å²) < 4.78 is 0. The van der Waals surface area contributed by atoms with E-state index in [-0.39, 0.29) is 0 Å². The summed E-state index contributed by atoms with van der Waals surface area (Å²) >= 11 is 0. The summed E-state index contributed by atoms with van der Waals surface area (Å²) in [6, 6.07) is 0. The standard InChI is InChI=1S/C6H4N2/c1-3-7-5(1)6-2-4-8-6/h1-4H. The van der Waals surface area contributed by atoms with E-state index in [2.05, 4.69) is 9.98 Å². The maximum atomic E-state index is 3.95. The number of nitrogens with zero attached hydrogens (tertiary/aromatic N) is 2. The van der Waals surface area contributed by atoms with Crippen LogP contribution in [0.15, 0.2) is 34.5 Å². The molecule has 0 aromatic rings. The molecule has 2 aliphatic heterocycles.